The van der Waals surface area contributed by atoms with Gasteiger partial charge in [-0.25, -0.2) is 0 Å². The molecule has 0 spiro atoms. The van der Waals surface area contributed by atoms with Gasteiger partial charge in [0.2, 0.25) is 0 Å². The van der Waals surface area contributed by atoms with Crippen molar-refractivity contribution in [2.75, 3.05) is 38.5 Å². The molecule has 2 aliphatic rings. The maximum atomic E-state index is 4.73. The lowest BCUT2D eigenvalue weighted by atomic mass is 9.81. The van der Waals surface area contributed by atoms with Gasteiger partial charge < -0.3 is 4.90 Å². The van der Waals surface area contributed by atoms with Crippen molar-refractivity contribution in [3.8, 4) is 0 Å². The summed E-state index contributed by atoms with van der Waals surface area (Å²) in [7, 11) is 0. The maximum Gasteiger partial charge on any atom is 0.0113 e. The normalized spacial score (nSPS) is 27.1. The van der Waals surface area contributed by atoms with Gasteiger partial charge in [0.1, 0.15) is 0 Å². The highest BCUT2D eigenvalue weighted by molar-refractivity contribution is 7.80. The second-order valence-electron chi connectivity index (χ2n) is 7.14. The maximum absolute atomic E-state index is 4.73. The zero-order chi connectivity index (χ0) is 14.4. The number of piperazine rings is 1. The van der Waals surface area contributed by atoms with Crippen LogP contribution in [0, 0.1) is 5.41 Å². The van der Waals surface area contributed by atoms with Gasteiger partial charge in [-0.05, 0) is 37.4 Å². The van der Waals surface area contributed by atoms with Gasteiger partial charge in [0, 0.05) is 38.8 Å². The van der Waals surface area contributed by atoms with Gasteiger partial charge in [0.25, 0.3) is 0 Å². The Morgan fingerprint density at radius 3 is 2.10 bits per heavy atom. The van der Waals surface area contributed by atoms with Crippen molar-refractivity contribution in [3.63, 3.8) is 0 Å². The summed E-state index contributed by atoms with van der Waals surface area (Å²) >= 11 is 4.73. The second-order valence-corrected chi connectivity index (χ2v) is 7.46. The third-order valence-corrected chi connectivity index (χ3v) is 6.35. The monoisotopic (exact) mass is 298 g/mol. The lowest BCUT2D eigenvalue weighted by molar-refractivity contribution is 0.0670. The fraction of sp³-hybridized carbons (Fsp3) is 1.00. The quantitative estimate of drug-likeness (QED) is 0.611. The van der Waals surface area contributed by atoms with E-state index in [0.717, 1.165) is 11.8 Å². The molecule has 1 saturated heterocycles. The smallest absolute Gasteiger partial charge is 0.0113 e. The van der Waals surface area contributed by atoms with Crippen LogP contribution in [-0.4, -0.2) is 54.3 Å². The van der Waals surface area contributed by atoms with Crippen molar-refractivity contribution in [1.82, 2.24) is 9.80 Å². The molecule has 2 rings (SSSR count). The van der Waals surface area contributed by atoms with E-state index >= 15 is 0 Å². The number of thiol groups is 1. The molecule has 0 aromatic carbocycles. The largest absolute Gasteiger partial charge is 0.300 e. The van der Waals surface area contributed by atoms with Crippen LogP contribution in [0.15, 0.2) is 0 Å². The Bertz CT molecular complexity index is 266. The highest BCUT2D eigenvalue weighted by atomic mass is 32.1. The van der Waals surface area contributed by atoms with Crippen LogP contribution >= 0.6 is 12.6 Å². The Morgan fingerprint density at radius 1 is 1.00 bits per heavy atom. The number of nitrogens with zero attached hydrogens (tertiary/aromatic N) is 2. The van der Waals surface area contributed by atoms with Gasteiger partial charge in [-0.15, -0.1) is 0 Å². The van der Waals surface area contributed by atoms with E-state index in [1.54, 1.807) is 0 Å². The molecule has 3 heteroatoms. The summed E-state index contributed by atoms with van der Waals surface area (Å²) in [6, 6.07) is 0.758. The number of rotatable bonds is 5. The van der Waals surface area contributed by atoms with Crippen molar-refractivity contribution in [2.45, 2.75) is 64.8 Å². The zero-order valence-electron chi connectivity index (χ0n) is 13.6. The van der Waals surface area contributed by atoms with E-state index in [9.17, 15) is 0 Å². The Kier molecular flexibility index (Phi) is 6.70. The van der Waals surface area contributed by atoms with Crippen LogP contribution in [0.1, 0.15) is 58.8 Å². The summed E-state index contributed by atoms with van der Waals surface area (Å²) < 4.78 is 0. The van der Waals surface area contributed by atoms with Gasteiger partial charge >= 0.3 is 0 Å². The van der Waals surface area contributed by atoms with Gasteiger partial charge in [0.15, 0.2) is 0 Å². The molecule has 20 heavy (non-hydrogen) atoms. The minimum atomic E-state index is 0.512. The topological polar surface area (TPSA) is 6.48 Å². The Hall–Kier alpha value is 0.270. The average molecular weight is 299 g/mol. The van der Waals surface area contributed by atoms with Gasteiger partial charge in [-0.1, -0.05) is 32.6 Å². The molecule has 1 atom stereocenters. The van der Waals surface area contributed by atoms with E-state index in [-0.39, 0.29) is 0 Å². The summed E-state index contributed by atoms with van der Waals surface area (Å²) in [4.78, 5) is 5.39. The predicted molar refractivity (Wildman–Crippen MR) is 91.8 cm³/mol. The first-order valence-electron chi connectivity index (χ1n) is 8.76. The van der Waals surface area contributed by atoms with Gasteiger partial charge in [-0.3, -0.25) is 4.90 Å². The molecule has 0 amide bonds. The van der Waals surface area contributed by atoms with Crippen molar-refractivity contribution in [1.29, 1.82) is 0 Å². The average Bonchev–Trinajstić information content (AvgIpc) is 2.73. The number of hydrogen-bond acceptors (Lipinski definition) is 3. The number of hydrogen-bond donors (Lipinski definition) is 1. The van der Waals surface area contributed by atoms with Crippen molar-refractivity contribution in [3.05, 3.63) is 0 Å². The first-order valence-corrected chi connectivity index (χ1v) is 9.39. The van der Waals surface area contributed by atoms with Crippen LogP contribution in [0.5, 0.6) is 0 Å². The SMILES string of the molecule is CCC(C)N1CCN(CC2(CS)CCCCCC2)CC1. The highest BCUT2D eigenvalue weighted by Gasteiger charge is 2.33. The van der Waals surface area contributed by atoms with Crippen LogP contribution in [0.25, 0.3) is 0 Å². The van der Waals surface area contributed by atoms with Crippen molar-refractivity contribution < 1.29 is 0 Å². The molecular formula is C17H34N2S. The fourth-order valence-electron chi connectivity index (χ4n) is 3.94. The van der Waals surface area contributed by atoms with Crippen LogP contribution in [0.3, 0.4) is 0 Å². The third kappa shape index (κ3) is 4.38. The zero-order valence-corrected chi connectivity index (χ0v) is 14.5. The first kappa shape index (κ1) is 16.6. The molecular weight excluding hydrogens is 264 g/mol. The Labute approximate surface area is 131 Å². The minimum Gasteiger partial charge on any atom is -0.300 e. The summed E-state index contributed by atoms with van der Waals surface area (Å²) in [6.07, 6.45) is 9.82. The minimum absolute atomic E-state index is 0.512. The second kappa shape index (κ2) is 8.05. The summed E-state index contributed by atoms with van der Waals surface area (Å²) in [5, 5.41) is 0. The Balaban J connectivity index is 1.83. The van der Waals surface area contributed by atoms with Crippen molar-refractivity contribution >= 4 is 12.6 Å². The summed E-state index contributed by atoms with van der Waals surface area (Å²) in [5.74, 6) is 1.08. The first-order chi connectivity index (χ1) is 9.69. The van der Waals surface area contributed by atoms with E-state index < -0.39 is 0 Å². The molecule has 0 bridgehead atoms. The summed E-state index contributed by atoms with van der Waals surface area (Å²) in [5.41, 5.74) is 0.512. The van der Waals surface area contributed by atoms with Crippen LogP contribution in [0.2, 0.25) is 0 Å². The molecule has 1 heterocycles. The molecule has 0 N–H and O–H groups in total. The molecule has 0 radical (unpaired) electrons. The lowest BCUT2D eigenvalue weighted by Gasteiger charge is -2.42. The van der Waals surface area contributed by atoms with Crippen molar-refractivity contribution in [2.24, 2.45) is 5.41 Å². The van der Waals surface area contributed by atoms with E-state index in [2.05, 4.69) is 23.6 Å². The van der Waals surface area contributed by atoms with E-state index in [0.29, 0.717) is 5.41 Å². The molecule has 1 saturated carbocycles. The van der Waals surface area contributed by atoms with Crippen LogP contribution in [0.4, 0.5) is 0 Å². The van der Waals surface area contributed by atoms with Crippen LogP contribution in [-0.2, 0) is 0 Å². The highest BCUT2D eigenvalue weighted by Crippen LogP contribution is 2.37. The Morgan fingerprint density at radius 2 is 1.60 bits per heavy atom. The third-order valence-electron chi connectivity index (χ3n) is 5.68. The van der Waals surface area contributed by atoms with E-state index in [1.807, 2.05) is 0 Å². The van der Waals surface area contributed by atoms with E-state index in [4.69, 9.17) is 12.6 Å². The van der Waals surface area contributed by atoms with E-state index in [1.165, 1.54) is 77.7 Å². The fourth-order valence-corrected chi connectivity index (χ4v) is 4.36. The summed E-state index contributed by atoms with van der Waals surface area (Å²) in [6.45, 7) is 11.0. The molecule has 1 aliphatic heterocycles. The molecule has 1 aliphatic carbocycles. The standard InChI is InChI=1S/C17H34N2S/c1-3-16(2)19-12-10-18(11-13-19)14-17(15-20)8-6-4-5-7-9-17/h16,20H,3-15H2,1-2H3. The molecule has 0 aromatic rings. The molecule has 1 unspecified atom stereocenters. The molecule has 118 valence electrons. The predicted octanol–water partition coefficient (Wildman–Crippen LogP) is 3.67. The lowest BCUT2D eigenvalue weighted by Crippen LogP contribution is -2.52. The van der Waals surface area contributed by atoms with Gasteiger partial charge in [-0.2, -0.15) is 12.6 Å². The molecule has 2 nitrogen and oxygen atoms in total. The molecule has 2 fully saturated rings. The van der Waals surface area contributed by atoms with Crippen LogP contribution < -0.4 is 0 Å². The molecule has 0 aromatic heterocycles. The van der Waals surface area contributed by atoms with Gasteiger partial charge in [0.05, 0.1) is 0 Å².